The van der Waals surface area contributed by atoms with Crippen LogP contribution in [0.1, 0.15) is 31.7 Å². The number of aryl methyl sites for hydroxylation is 1. The average molecular weight is 324 g/mol. The van der Waals surface area contributed by atoms with Gasteiger partial charge in [0, 0.05) is 17.7 Å². The van der Waals surface area contributed by atoms with Gasteiger partial charge in [-0.2, -0.15) is 0 Å². The zero-order valence-electron chi connectivity index (χ0n) is 13.4. The van der Waals surface area contributed by atoms with Gasteiger partial charge in [0.25, 0.3) is 0 Å². The van der Waals surface area contributed by atoms with E-state index in [-0.39, 0.29) is 5.91 Å². The predicted molar refractivity (Wildman–Crippen MR) is 97.9 cm³/mol. The van der Waals surface area contributed by atoms with Gasteiger partial charge in [-0.25, -0.2) is 4.98 Å². The van der Waals surface area contributed by atoms with Crippen molar-refractivity contribution in [3.05, 3.63) is 48.0 Å². The monoisotopic (exact) mass is 324 g/mol. The van der Waals surface area contributed by atoms with E-state index >= 15 is 0 Å². The van der Waals surface area contributed by atoms with E-state index in [2.05, 4.69) is 29.4 Å². The lowest BCUT2D eigenvalue weighted by Crippen LogP contribution is -2.11. The second-order valence-electron chi connectivity index (χ2n) is 5.67. The fourth-order valence-electron chi connectivity index (χ4n) is 2.44. The Balaban J connectivity index is 1.88. The summed E-state index contributed by atoms with van der Waals surface area (Å²) in [7, 11) is 0. The zero-order chi connectivity index (χ0) is 16.2. The molecule has 4 heteroatoms. The smallest absolute Gasteiger partial charge is 0.224 e. The molecule has 3 rings (SSSR count). The van der Waals surface area contributed by atoms with E-state index in [1.54, 1.807) is 11.3 Å². The van der Waals surface area contributed by atoms with Gasteiger partial charge in [-0.05, 0) is 37.1 Å². The number of para-hydroxylation sites is 1. The van der Waals surface area contributed by atoms with Crippen LogP contribution in [-0.2, 0) is 4.79 Å². The summed E-state index contributed by atoms with van der Waals surface area (Å²) in [6.45, 7) is 4.10. The lowest BCUT2D eigenvalue weighted by molar-refractivity contribution is -0.116. The lowest BCUT2D eigenvalue weighted by Gasteiger charge is -2.09. The Morgan fingerprint density at radius 1 is 1.22 bits per heavy atom. The Labute approximate surface area is 140 Å². The highest BCUT2D eigenvalue weighted by Crippen LogP contribution is 2.32. The van der Waals surface area contributed by atoms with Gasteiger partial charge in [0.15, 0.2) is 0 Å². The van der Waals surface area contributed by atoms with Crippen LogP contribution in [0.2, 0.25) is 0 Å². The summed E-state index contributed by atoms with van der Waals surface area (Å²) in [6, 6.07) is 14.3. The van der Waals surface area contributed by atoms with Gasteiger partial charge in [-0.3, -0.25) is 4.79 Å². The second-order valence-corrected chi connectivity index (χ2v) is 6.70. The SMILES string of the molecule is CCCCC(=O)Nc1cc(-c2nc3ccccc3s2)ccc1C. The quantitative estimate of drug-likeness (QED) is 0.682. The number of aromatic nitrogens is 1. The number of fused-ring (bicyclic) bond motifs is 1. The Kier molecular flexibility index (Phi) is 4.72. The third-order valence-electron chi connectivity index (χ3n) is 3.81. The van der Waals surface area contributed by atoms with Crippen molar-refractivity contribution in [2.24, 2.45) is 0 Å². The van der Waals surface area contributed by atoms with Gasteiger partial charge in [0.2, 0.25) is 5.91 Å². The van der Waals surface area contributed by atoms with Crippen molar-refractivity contribution < 1.29 is 4.79 Å². The molecule has 3 nitrogen and oxygen atoms in total. The number of rotatable bonds is 5. The molecule has 118 valence electrons. The largest absolute Gasteiger partial charge is 0.326 e. The molecule has 2 aromatic carbocycles. The molecule has 23 heavy (non-hydrogen) atoms. The number of carbonyl (C=O) groups is 1. The molecule has 3 aromatic rings. The topological polar surface area (TPSA) is 42.0 Å². The summed E-state index contributed by atoms with van der Waals surface area (Å²) in [6.07, 6.45) is 2.52. The first-order valence-electron chi connectivity index (χ1n) is 7.94. The molecule has 0 aliphatic carbocycles. The van der Waals surface area contributed by atoms with Crippen LogP contribution in [0, 0.1) is 6.92 Å². The Hall–Kier alpha value is -2.20. The average Bonchev–Trinajstić information content (AvgIpc) is 2.99. The molecule has 0 aliphatic heterocycles. The van der Waals surface area contributed by atoms with E-state index < -0.39 is 0 Å². The van der Waals surface area contributed by atoms with Gasteiger partial charge in [-0.15, -0.1) is 11.3 Å². The Morgan fingerprint density at radius 2 is 2.04 bits per heavy atom. The minimum absolute atomic E-state index is 0.0800. The first-order chi connectivity index (χ1) is 11.2. The fraction of sp³-hybridized carbons (Fsp3) is 0.263. The maximum absolute atomic E-state index is 12.0. The molecular formula is C19H20N2OS. The molecule has 0 aliphatic rings. The van der Waals surface area contributed by atoms with E-state index in [4.69, 9.17) is 0 Å². The van der Waals surface area contributed by atoms with Crippen molar-refractivity contribution in [1.29, 1.82) is 0 Å². The molecule has 1 heterocycles. The van der Waals surface area contributed by atoms with Crippen molar-refractivity contribution >= 4 is 33.1 Å². The molecule has 0 unspecified atom stereocenters. The molecule has 0 radical (unpaired) electrons. The van der Waals surface area contributed by atoms with Gasteiger partial charge in [0.1, 0.15) is 5.01 Å². The standard InChI is InChI=1S/C19H20N2OS/c1-3-4-9-18(22)20-16-12-14(11-10-13(16)2)19-21-15-7-5-6-8-17(15)23-19/h5-8,10-12H,3-4,9H2,1-2H3,(H,20,22). The summed E-state index contributed by atoms with van der Waals surface area (Å²) < 4.78 is 1.18. The normalized spacial score (nSPS) is 10.9. The van der Waals surface area contributed by atoms with E-state index in [0.29, 0.717) is 6.42 Å². The van der Waals surface area contributed by atoms with E-state index in [1.807, 2.05) is 37.3 Å². The maximum Gasteiger partial charge on any atom is 0.224 e. The summed E-state index contributed by atoms with van der Waals surface area (Å²) in [5, 5.41) is 4.01. The van der Waals surface area contributed by atoms with Crippen molar-refractivity contribution in [3.8, 4) is 10.6 Å². The van der Waals surface area contributed by atoms with E-state index in [9.17, 15) is 4.79 Å². The lowest BCUT2D eigenvalue weighted by atomic mass is 10.1. The number of hydrogen-bond donors (Lipinski definition) is 1. The van der Waals surface area contributed by atoms with Crippen LogP contribution >= 0.6 is 11.3 Å². The molecule has 0 atom stereocenters. The number of carbonyl (C=O) groups excluding carboxylic acids is 1. The molecular weight excluding hydrogens is 304 g/mol. The van der Waals surface area contributed by atoms with Crippen LogP contribution < -0.4 is 5.32 Å². The third-order valence-corrected chi connectivity index (χ3v) is 4.90. The highest BCUT2D eigenvalue weighted by atomic mass is 32.1. The molecule has 1 N–H and O–H groups in total. The second kappa shape index (κ2) is 6.92. The van der Waals surface area contributed by atoms with Crippen LogP contribution in [0.4, 0.5) is 5.69 Å². The number of nitrogens with one attached hydrogen (secondary N) is 1. The number of hydrogen-bond acceptors (Lipinski definition) is 3. The summed E-state index contributed by atoms with van der Waals surface area (Å²) in [4.78, 5) is 16.7. The van der Waals surface area contributed by atoms with Gasteiger partial charge in [0.05, 0.1) is 10.2 Å². The van der Waals surface area contributed by atoms with Gasteiger partial charge in [-0.1, -0.05) is 37.6 Å². The van der Waals surface area contributed by atoms with Crippen LogP contribution in [0.15, 0.2) is 42.5 Å². The van der Waals surface area contributed by atoms with Gasteiger partial charge < -0.3 is 5.32 Å². The van der Waals surface area contributed by atoms with Crippen molar-refractivity contribution in [2.45, 2.75) is 33.1 Å². The van der Waals surface area contributed by atoms with Crippen LogP contribution in [-0.4, -0.2) is 10.9 Å². The summed E-state index contributed by atoms with van der Waals surface area (Å²) >= 11 is 1.67. The molecule has 0 saturated heterocycles. The third kappa shape index (κ3) is 3.59. The molecule has 0 saturated carbocycles. The van der Waals surface area contributed by atoms with Gasteiger partial charge >= 0.3 is 0 Å². The number of nitrogens with zero attached hydrogens (tertiary/aromatic N) is 1. The Bertz CT molecular complexity index is 805. The predicted octanol–water partition coefficient (Wildman–Crippen LogP) is 5.40. The maximum atomic E-state index is 12.0. The highest BCUT2D eigenvalue weighted by molar-refractivity contribution is 7.21. The number of benzene rings is 2. The van der Waals surface area contributed by atoms with Crippen LogP contribution in [0.3, 0.4) is 0 Å². The number of thiazole rings is 1. The molecule has 0 fully saturated rings. The number of amides is 1. The van der Waals surface area contributed by atoms with E-state index in [1.165, 1.54) is 4.70 Å². The first kappa shape index (κ1) is 15.7. The number of unbranched alkanes of at least 4 members (excludes halogenated alkanes) is 1. The van der Waals surface area contributed by atoms with Crippen LogP contribution in [0.25, 0.3) is 20.8 Å². The highest BCUT2D eigenvalue weighted by Gasteiger charge is 2.10. The summed E-state index contributed by atoms with van der Waals surface area (Å²) in [5.41, 5.74) is 4.01. The first-order valence-corrected chi connectivity index (χ1v) is 8.75. The molecule has 1 amide bonds. The number of anilines is 1. The molecule has 0 spiro atoms. The minimum atomic E-state index is 0.0800. The fourth-order valence-corrected chi connectivity index (χ4v) is 3.40. The summed E-state index contributed by atoms with van der Waals surface area (Å²) in [5.74, 6) is 0.0800. The molecule has 0 bridgehead atoms. The minimum Gasteiger partial charge on any atom is -0.326 e. The van der Waals surface area contributed by atoms with Crippen molar-refractivity contribution in [2.75, 3.05) is 5.32 Å². The van der Waals surface area contributed by atoms with E-state index in [0.717, 1.165) is 40.2 Å². The van der Waals surface area contributed by atoms with Crippen molar-refractivity contribution in [1.82, 2.24) is 4.98 Å². The Morgan fingerprint density at radius 3 is 2.83 bits per heavy atom. The van der Waals surface area contributed by atoms with Crippen molar-refractivity contribution in [3.63, 3.8) is 0 Å². The zero-order valence-corrected chi connectivity index (χ0v) is 14.2. The molecule has 1 aromatic heterocycles. The van der Waals surface area contributed by atoms with Crippen LogP contribution in [0.5, 0.6) is 0 Å².